The van der Waals surface area contributed by atoms with Gasteiger partial charge in [-0.3, -0.25) is 14.9 Å². The molecule has 3 aromatic rings. The fraction of sp³-hybridized carbons (Fsp3) is 0.130. The van der Waals surface area contributed by atoms with Crippen LogP contribution < -0.4 is 4.74 Å². The summed E-state index contributed by atoms with van der Waals surface area (Å²) in [6.07, 6.45) is 0. The number of para-hydroxylation sites is 1. The summed E-state index contributed by atoms with van der Waals surface area (Å²) in [6.45, 7) is -0.00959. The van der Waals surface area contributed by atoms with E-state index in [9.17, 15) is 14.9 Å². The highest BCUT2D eigenvalue weighted by Crippen LogP contribution is 2.46. The van der Waals surface area contributed by atoms with E-state index in [4.69, 9.17) is 9.57 Å². The van der Waals surface area contributed by atoms with E-state index in [0.29, 0.717) is 22.6 Å². The van der Waals surface area contributed by atoms with Gasteiger partial charge in [-0.15, -0.1) is 0 Å². The van der Waals surface area contributed by atoms with E-state index in [0.717, 1.165) is 5.56 Å². The van der Waals surface area contributed by atoms with Crippen LogP contribution in [0.15, 0.2) is 84.0 Å². The number of oxime groups is 1. The summed E-state index contributed by atoms with van der Waals surface area (Å²) in [6, 6.07) is 22.6. The number of nitro benzene ring substituents is 1. The lowest BCUT2D eigenvalue weighted by Gasteiger charge is -2.35. The van der Waals surface area contributed by atoms with Gasteiger partial charge in [-0.05, 0) is 17.7 Å². The van der Waals surface area contributed by atoms with E-state index in [2.05, 4.69) is 5.16 Å². The average Bonchev–Trinajstić information content (AvgIpc) is 3.17. The Morgan fingerprint density at radius 3 is 2.40 bits per heavy atom. The molecule has 7 heteroatoms. The number of benzene rings is 3. The van der Waals surface area contributed by atoms with Crippen molar-refractivity contribution in [2.45, 2.75) is 11.5 Å². The van der Waals surface area contributed by atoms with Crippen molar-refractivity contribution in [2.75, 3.05) is 6.61 Å². The van der Waals surface area contributed by atoms with Crippen LogP contribution in [0.25, 0.3) is 0 Å². The summed E-state index contributed by atoms with van der Waals surface area (Å²) < 4.78 is 5.90. The second kappa shape index (κ2) is 6.81. The van der Waals surface area contributed by atoms with Gasteiger partial charge in [0.2, 0.25) is 11.4 Å². The van der Waals surface area contributed by atoms with Gasteiger partial charge < -0.3 is 9.57 Å². The smallest absolute Gasteiger partial charge is 0.269 e. The maximum atomic E-state index is 13.6. The zero-order valence-corrected chi connectivity index (χ0v) is 15.7. The number of fused-ring (bicyclic) bond motifs is 1. The Balaban J connectivity index is 1.65. The summed E-state index contributed by atoms with van der Waals surface area (Å²) in [5, 5.41) is 15.4. The highest BCUT2D eigenvalue weighted by molar-refractivity contribution is 6.15. The van der Waals surface area contributed by atoms with Crippen molar-refractivity contribution in [3.8, 4) is 5.75 Å². The Hall–Kier alpha value is -4.00. The van der Waals surface area contributed by atoms with Gasteiger partial charge in [0.1, 0.15) is 12.4 Å². The molecule has 30 heavy (non-hydrogen) atoms. The third-order valence-corrected chi connectivity index (χ3v) is 5.51. The average molecular weight is 400 g/mol. The number of nitrogens with zero attached hydrogens (tertiary/aromatic N) is 2. The van der Waals surface area contributed by atoms with E-state index >= 15 is 0 Å². The van der Waals surface area contributed by atoms with Gasteiger partial charge in [0.05, 0.1) is 22.1 Å². The molecule has 1 spiro atoms. The predicted octanol–water partition coefficient (Wildman–Crippen LogP) is 4.13. The largest absolute Gasteiger partial charge is 0.488 e. The highest BCUT2D eigenvalue weighted by Gasteiger charge is 2.59. The van der Waals surface area contributed by atoms with Gasteiger partial charge in [0.15, 0.2) is 0 Å². The summed E-state index contributed by atoms with van der Waals surface area (Å²) >= 11 is 0. The summed E-state index contributed by atoms with van der Waals surface area (Å²) in [4.78, 5) is 30.1. The van der Waals surface area contributed by atoms with Crippen molar-refractivity contribution >= 4 is 17.2 Å². The maximum Gasteiger partial charge on any atom is 0.269 e. The normalized spacial score (nSPS) is 22.1. The van der Waals surface area contributed by atoms with Gasteiger partial charge in [-0.25, -0.2) is 0 Å². The van der Waals surface area contributed by atoms with Crippen molar-refractivity contribution in [1.29, 1.82) is 0 Å². The Labute approximate surface area is 171 Å². The maximum absolute atomic E-state index is 13.6. The van der Waals surface area contributed by atoms with Gasteiger partial charge in [-0.1, -0.05) is 59.8 Å². The molecule has 0 radical (unpaired) electrons. The molecule has 2 unspecified atom stereocenters. The van der Waals surface area contributed by atoms with E-state index in [1.54, 1.807) is 36.4 Å². The summed E-state index contributed by atoms with van der Waals surface area (Å²) in [5.74, 6) is -0.295. The number of carbonyl (C=O) groups excluding carboxylic acids is 1. The molecule has 0 saturated heterocycles. The number of Topliss-reactive ketones (excluding diaryl/α,β-unsaturated/α-hetero) is 1. The minimum Gasteiger partial charge on any atom is -0.488 e. The number of carbonyl (C=O) groups is 1. The molecule has 2 heterocycles. The fourth-order valence-corrected chi connectivity index (χ4v) is 4.04. The fourth-order valence-electron chi connectivity index (χ4n) is 4.04. The molecule has 3 aromatic carbocycles. The minimum absolute atomic E-state index is 0.00959. The zero-order chi connectivity index (χ0) is 20.7. The molecule has 0 aliphatic carbocycles. The Morgan fingerprint density at radius 1 is 0.967 bits per heavy atom. The molecule has 0 N–H and O–H groups in total. The molecule has 0 fully saturated rings. The Morgan fingerprint density at radius 2 is 1.67 bits per heavy atom. The number of hydrogen-bond donors (Lipinski definition) is 0. The number of hydrogen-bond acceptors (Lipinski definition) is 6. The predicted molar refractivity (Wildman–Crippen MR) is 109 cm³/mol. The summed E-state index contributed by atoms with van der Waals surface area (Å²) in [7, 11) is 0. The topological polar surface area (TPSA) is 91.0 Å². The van der Waals surface area contributed by atoms with Crippen LogP contribution in [0, 0.1) is 10.1 Å². The molecule has 148 valence electrons. The first-order chi connectivity index (χ1) is 14.6. The number of non-ortho nitro benzene ring substituents is 1. The van der Waals surface area contributed by atoms with Crippen LogP contribution in [-0.4, -0.2) is 28.6 Å². The molecule has 0 saturated carbocycles. The van der Waals surface area contributed by atoms with Crippen molar-refractivity contribution in [2.24, 2.45) is 5.16 Å². The van der Waals surface area contributed by atoms with Crippen molar-refractivity contribution in [1.82, 2.24) is 0 Å². The number of ketones is 1. The van der Waals surface area contributed by atoms with Crippen LogP contribution in [-0.2, 0) is 4.84 Å². The first kappa shape index (κ1) is 18.1. The molecule has 5 rings (SSSR count). The van der Waals surface area contributed by atoms with Crippen molar-refractivity contribution in [3.63, 3.8) is 0 Å². The third kappa shape index (κ3) is 2.67. The molecule has 2 atom stereocenters. The number of rotatable bonds is 3. The number of ether oxygens (including phenoxy) is 1. The summed E-state index contributed by atoms with van der Waals surface area (Å²) in [5.41, 5.74) is 1.11. The van der Waals surface area contributed by atoms with Gasteiger partial charge >= 0.3 is 0 Å². The molecule has 2 aliphatic heterocycles. The van der Waals surface area contributed by atoms with E-state index in [-0.39, 0.29) is 18.1 Å². The Kier molecular flexibility index (Phi) is 4.10. The van der Waals surface area contributed by atoms with Gasteiger partial charge in [0.25, 0.3) is 5.69 Å². The highest BCUT2D eigenvalue weighted by atomic mass is 16.7. The second-order valence-electron chi connectivity index (χ2n) is 7.22. The van der Waals surface area contributed by atoms with Gasteiger partial charge in [0, 0.05) is 17.7 Å². The molecule has 2 aliphatic rings. The van der Waals surface area contributed by atoms with Crippen LogP contribution in [0.2, 0.25) is 0 Å². The van der Waals surface area contributed by atoms with Gasteiger partial charge in [-0.2, -0.15) is 0 Å². The molecule has 0 amide bonds. The molecular weight excluding hydrogens is 384 g/mol. The van der Waals surface area contributed by atoms with Crippen molar-refractivity contribution < 1.29 is 19.3 Å². The zero-order valence-electron chi connectivity index (χ0n) is 15.7. The van der Waals surface area contributed by atoms with Crippen LogP contribution in [0.5, 0.6) is 5.75 Å². The van der Waals surface area contributed by atoms with E-state index < -0.39 is 16.4 Å². The Bertz CT molecular complexity index is 1170. The van der Waals surface area contributed by atoms with E-state index in [1.807, 2.05) is 30.3 Å². The molecule has 0 aromatic heterocycles. The minimum atomic E-state index is -1.38. The lowest BCUT2D eigenvalue weighted by Crippen LogP contribution is -2.52. The third-order valence-electron chi connectivity index (χ3n) is 5.51. The molecule has 7 nitrogen and oxygen atoms in total. The van der Waals surface area contributed by atoms with Crippen LogP contribution in [0.4, 0.5) is 5.69 Å². The van der Waals surface area contributed by atoms with E-state index in [1.165, 1.54) is 12.1 Å². The van der Waals surface area contributed by atoms with Crippen molar-refractivity contribution in [3.05, 3.63) is 106 Å². The SMILES string of the molecule is O=C1c2ccccc2OCC12ON=C(c1ccccc1)C2c1ccc([N+](=O)[O-])cc1. The standard InChI is InChI=1S/C23H16N2O5/c26-22-18-8-4-5-9-19(18)29-14-23(22)20(15-10-12-17(13-11-15)25(27)28)21(24-30-23)16-6-2-1-3-7-16/h1-13,20H,14H2. The first-order valence-electron chi connectivity index (χ1n) is 9.42. The molecule has 0 bridgehead atoms. The quantitative estimate of drug-likeness (QED) is 0.487. The lowest BCUT2D eigenvalue weighted by molar-refractivity contribution is -0.384. The number of nitro groups is 1. The van der Waals surface area contributed by atoms with Crippen LogP contribution >= 0.6 is 0 Å². The monoisotopic (exact) mass is 400 g/mol. The molecular formula is C23H16N2O5. The van der Waals surface area contributed by atoms with Crippen LogP contribution in [0.3, 0.4) is 0 Å². The van der Waals surface area contributed by atoms with Crippen LogP contribution in [0.1, 0.15) is 27.4 Å². The first-order valence-corrected chi connectivity index (χ1v) is 9.42. The second-order valence-corrected chi connectivity index (χ2v) is 7.22. The lowest BCUT2D eigenvalue weighted by atomic mass is 9.73.